The predicted octanol–water partition coefficient (Wildman–Crippen LogP) is 4.68. The molecule has 0 spiro atoms. The largest absolute Gasteiger partial charge is 0.284 e. The van der Waals surface area contributed by atoms with Gasteiger partial charge in [-0.25, -0.2) is 8.42 Å². The standard InChI is InChI=1S/C19H21NO2S/c1-23(21,22)20-19-12-10-16(11-13-19)18-9-5-8-17(14-18)15-6-3-2-4-7-15/h5-6,8-14,20H,2-4,7H2,1H3. The molecule has 120 valence electrons. The number of allylic oxidation sites excluding steroid dienone is 2. The van der Waals surface area contributed by atoms with E-state index in [0.29, 0.717) is 5.69 Å². The maximum absolute atomic E-state index is 11.3. The average Bonchev–Trinajstić information content (AvgIpc) is 2.55. The molecule has 2 aromatic carbocycles. The number of hydrogen-bond donors (Lipinski definition) is 1. The Kier molecular flexibility index (Phi) is 4.53. The number of rotatable bonds is 4. The second-order valence-corrected chi connectivity index (χ2v) is 7.76. The summed E-state index contributed by atoms with van der Waals surface area (Å²) in [5.74, 6) is 0. The zero-order valence-electron chi connectivity index (χ0n) is 13.2. The van der Waals surface area contributed by atoms with Crippen LogP contribution in [0.15, 0.2) is 54.6 Å². The molecule has 0 heterocycles. The quantitative estimate of drug-likeness (QED) is 0.886. The lowest BCUT2D eigenvalue weighted by Gasteiger charge is -2.14. The highest BCUT2D eigenvalue weighted by Crippen LogP contribution is 2.30. The molecular weight excluding hydrogens is 306 g/mol. The van der Waals surface area contributed by atoms with Gasteiger partial charge in [0.2, 0.25) is 10.0 Å². The van der Waals surface area contributed by atoms with Gasteiger partial charge in [-0.15, -0.1) is 0 Å². The summed E-state index contributed by atoms with van der Waals surface area (Å²) in [6.45, 7) is 0. The van der Waals surface area contributed by atoms with Crippen molar-refractivity contribution < 1.29 is 8.42 Å². The Balaban J connectivity index is 1.85. The van der Waals surface area contributed by atoms with Crippen molar-refractivity contribution in [1.29, 1.82) is 0 Å². The number of hydrogen-bond acceptors (Lipinski definition) is 2. The predicted molar refractivity (Wildman–Crippen MR) is 96.8 cm³/mol. The topological polar surface area (TPSA) is 46.2 Å². The van der Waals surface area contributed by atoms with E-state index in [1.165, 1.54) is 30.4 Å². The average molecular weight is 327 g/mol. The molecule has 3 rings (SSSR count). The van der Waals surface area contributed by atoms with Crippen LogP contribution in [0.5, 0.6) is 0 Å². The first-order valence-corrected chi connectivity index (χ1v) is 9.78. The summed E-state index contributed by atoms with van der Waals surface area (Å²) in [6.07, 6.45) is 8.38. The Hall–Kier alpha value is -2.07. The zero-order valence-corrected chi connectivity index (χ0v) is 14.1. The van der Waals surface area contributed by atoms with Crippen molar-refractivity contribution in [2.45, 2.75) is 25.7 Å². The van der Waals surface area contributed by atoms with E-state index < -0.39 is 10.0 Å². The summed E-state index contributed by atoms with van der Waals surface area (Å²) in [4.78, 5) is 0. The SMILES string of the molecule is CS(=O)(=O)Nc1ccc(-c2cccc(C3=CCCCC3)c2)cc1. The van der Waals surface area contributed by atoms with E-state index in [1.807, 2.05) is 12.1 Å². The smallest absolute Gasteiger partial charge is 0.229 e. The molecule has 23 heavy (non-hydrogen) atoms. The van der Waals surface area contributed by atoms with Gasteiger partial charge >= 0.3 is 0 Å². The van der Waals surface area contributed by atoms with Gasteiger partial charge < -0.3 is 0 Å². The molecule has 0 aromatic heterocycles. The highest BCUT2D eigenvalue weighted by atomic mass is 32.2. The van der Waals surface area contributed by atoms with Gasteiger partial charge in [-0.2, -0.15) is 0 Å². The molecule has 2 aromatic rings. The zero-order chi connectivity index (χ0) is 16.3. The Bertz CT molecular complexity index is 821. The lowest BCUT2D eigenvalue weighted by Crippen LogP contribution is -2.09. The van der Waals surface area contributed by atoms with Crippen LogP contribution in [0, 0.1) is 0 Å². The summed E-state index contributed by atoms with van der Waals surface area (Å²) < 4.78 is 25.0. The molecular formula is C19H21NO2S. The maximum Gasteiger partial charge on any atom is 0.229 e. The Morgan fingerprint density at radius 1 is 0.913 bits per heavy atom. The van der Waals surface area contributed by atoms with Crippen molar-refractivity contribution in [3.05, 3.63) is 60.2 Å². The molecule has 4 heteroatoms. The monoisotopic (exact) mass is 327 g/mol. The first-order chi connectivity index (χ1) is 11.0. The van der Waals surface area contributed by atoms with Crippen LogP contribution in [0.1, 0.15) is 31.2 Å². The van der Waals surface area contributed by atoms with Crippen LogP contribution in [-0.2, 0) is 10.0 Å². The van der Waals surface area contributed by atoms with Crippen molar-refractivity contribution in [2.75, 3.05) is 11.0 Å². The molecule has 1 aliphatic rings. The van der Waals surface area contributed by atoms with Crippen LogP contribution < -0.4 is 4.72 Å². The Labute approximate surface area is 138 Å². The molecule has 0 aliphatic heterocycles. The minimum Gasteiger partial charge on any atom is -0.284 e. The van der Waals surface area contributed by atoms with Crippen molar-refractivity contribution in [2.24, 2.45) is 0 Å². The summed E-state index contributed by atoms with van der Waals surface area (Å²) in [5.41, 5.74) is 5.55. The molecule has 0 unspecified atom stereocenters. The van der Waals surface area contributed by atoms with E-state index in [9.17, 15) is 8.42 Å². The van der Waals surface area contributed by atoms with Gasteiger partial charge in [-0.1, -0.05) is 36.4 Å². The molecule has 0 saturated heterocycles. The molecule has 3 nitrogen and oxygen atoms in total. The molecule has 0 amide bonds. The van der Waals surface area contributed by atoms with Gasteiger partial charge in [-0.3, -0.25) is 4.72 Å². The van der Waals surface area contributed by atoms with Gasteiger partial charge in [0.1, 0.15) is 0 Å². The van der Waals surface area contributed by atoms with E-state index in [-0.39, 0.29) is 0 Å². The third-order valence-corrected chi connectivity index (χ3v) is 4.65. The van der Waals surface area contributed by atoms with Crippen LogP contribution in [0.3, 0.4) is 0 Å². The number of sulfonamides is 1. The Morgan fingerprint density at radius 2 is 1.65 bits per heavy atom. The molecule has 0 bridgehead atoms. The summed E-state index contributed by atoms with van der Waals surface area (Å²) >= 11 is 0. The number of anilines is 1. The highest BCUT2D eigenvalue weighted by Gasteiger charge is 2.08. The van der Waals surface area contributed by atoms with Crippen LogP contribution in [0.2, 0.25) is 0 Å². The lowest BCUT2D eigenvalue weighted by molar-refractivity contribution is 0.607. The maximum atomic E-state index is 11.3. The molecule has 0 saturated carbocycles. The van der Waals surface area contributed by atoms with Gasteiger partial charge in [0.05, 0.1) is 6.26 Å². The number of nitrogens with one attached hydrogen (secondary N) is 1. The third-order valence-electron chi connectivity index (χ3n) is 4.05. The van der Waals surface area contributed by atoms with Crippen molar-refractivity contribution in [1.82, 2.24) is 0 Å². The molecule has 0 fully saturated rings. The van der Waals surface area contributed by atoms with E-state index in [0.717, 1.165) is 23.8 Å². The normalized spacial score (nSPS) is 15.1. The highest BCUT2D eigenvalue weighted by molar-refractivity contribution is 7.92. The summed E-state index contributed by atoms with van der Waals surface area (Å²) in [7, 11) is -3.23. The third kappa shape index (κ3) is 4.23. The first-order valence-electron chi connectivity index (χ1n) is 7.89. The molecule has 0 radical (unpaired) electrons. The van der Waals surface area contributed by atoms with Gasteiger partial charge in [0.15, 0.2) is 0 Å². The minimum absolute atomic E-state index is 0.586. The van der Waals surface area contributed by atoms with Crippen molar-refractivity contribution in [3.8, 4) is 11.1 Å². The van der Waals surface area contributed by atoms with E-state index in [1.54, 1.807) is 12.1 Å². The van der Waals surface area contributed by atoms with Crippen LogP contribution >= 0.6 is 0 Å². The van der Waals surface area contributed by atoms with Crippen LogP contribution in [0.4, 0.5) is 5.69 Å². The van der Waals surface area contributed by atoms with E-state index >= 15 is 0 Å². The fraction of sp³-hybridized carbons (Fsp3) is 0.263. The second kappa shape index (κ2) is 6.59. The lowest BCUT2D eigenvalue weighted by atomic mass is 9.92. The number of benzene rings is 2. The fourth-order valence-electron chi connectivity index (χ4n) is 2.94. The van der Waals surface area contributed by atoms with Crippen LogP contribution in [0.25, 0.3) is 16.7 Å². The molecule has 1 aliphatic carbocycles. The first kappa shape index (κ1) is 15.8. The van der Waals surface area contributed by atoms with E-state index in [4.69, 9.17) is 0 Å². The summed E-state index contributed by atoms with van der Waals surface area (Å²) in [6, 6.07) is 16.0. The van der Waals surface area contributed by atoms with Gasteiger partial charge in [-0.05, 0) is 66.1 Å². The van der Waals surface area contributed by atoms with Crippen molar-refractivity contribution >= 4 is 21.3 Å². The molecule has 1 N–H and O–H groups in total. The van der Waals surface area contributed by atoms with Crippen LogP contribution in [-0.4, -0.2) is 14.7 Å². The second-order valence-electron chi connectivity index (χ2n) is 6.01. The van der Waals surface area contributed by atoms with E-state index in [2.05, 4.69) is 35.1 Å². The molecule has 0 atom stereocenters. The fourth-order valence-corrected chi connectivity index (χ4v) is 3.51. The minimum atomic E-state index is -3.23. The van der Waals surface area contributed by atoms with Crippen molar-refractivity contribution in [3.63, 3.8) is 0 Å². The van der Waals surface area contributed by atoms with Gasteiger partial charge in [0.25, 0.3) is 0 Å². The summed E-state index contributed by atoms with van der Waals surface area (Å²) in [5, 5.41) is 0. The Morgan fingerprint density at radius 3 is 2.30 bits per heavy atom. The van der Waals surface area contributed by atoms with Gasteiger partial charge in [0, 0.05) is 5.69 Å².